The van der Waals surface area contributed by atoms with Crippen molar-refractivity contribution in [3.8, 4) is 0 Å². The zero-order chi connectivity index (χ0) is 11.8. The Hall–Kier alpha value is -0.610. The van der Waals surface area contributed by atoms with Crippen molar-refractivity contribution in [3.63, 3.8) is 0 Å². The fourth-order valence-corrected chi connectivity index (χ4v) is 1.53. The molecule has 0 saturated carbocycles. The van der Waals surface area contributed by atoms with Crippen LogP contribution in [-0.2, 0) is 9.53 Å². The normalized spacial score (nSPS) is 15.1. The maximum Gasteiger partial charge on any atom is 0.224 e. The first-order chi connectivity index (χ1) is 7.01. The van der Waals surface area contributed by atoms with Crippen LogP contribution < -0.4 is 11.1 Å². The monoisotopic (exact) mass is 216 g/mol. The lowest BCUT2D eigenvalue weighted by molar-refractivity contribution is -0.126. The highest BCUT2D eigenvalue weighted by molar-refractivity contribution is 5.79. The molecule has 1 amide bonds. The summed E-state index contributed by atoms with van der Waals surface area (Å²) in [5, 5.41) is 2.89. The van der Waals surface area contributed by atoms with Crippen molar-refractivity contribution in [1.82, 2.24) is 5.32 Å². The van der Waals surface area contributed by atoms with Gasteiger partial charge in [-0.15, -0.1) is 0 Å². The molecule has 90 valence electrons. The van der Waals surface area contributed by atoms with Crippen LogP contribution in [0.15, 0.2) is 0 Å². The first-order valence-electron chi connectivity index (χ1n) is 5.50. The van der Waals surface area contributed by atoms with Crippen molar-refractivity contribution in [1.29, 1.82) is 0 Å². The van der Waals surface area contributed by atoms with Gasteiger partial charge in [-0.3, -0.25) is 4.79 Å². The van der Waals surface area contributed by atoms with E-state index in [4.69, 9.17) is 10.5 Å². The Morgan fingerprint density at radius 2 is 2.00 bits per heavy atom. The van der Waals surface area contributed by atoms with E-state index in [1.165, 1.54) is 0 Å². The largest absolute Gasteiger partial charge is 0.383 e. The van der Waals surface area contributed by atoms with Gasteiger partial charge < -0.3 is 15.8 Å². The number of hydrogen-bond acceptors (Lipinski definition) is 3. The maximum atomic E-state index is 11.7. The minimum Gasteiger partial charge on any atom is -0.383 e. The zero-order valence-corrected chi connectivity index (χ0v) is 10.2. The van der Waals surface area contributed by atoms with Crippen molar-refractivity contribution in [2.45, 2.75) is 33.2 Å². The lowest BCUT2D eigenvalue weighted by atomic mass is 9.96. The highest BCUT2D eigenvalue weighted by Gasteiger charge is 2.19. The highest BCUT2D eigenvalue weighted by atomic mass is 16.5. The standard InChI is InChI=1S/C11H24N2O2/c1-8(2)5-10(6-12)11(14)13-9(3)7-15-4/h8-10H,5-7,12H2,1-4H3,(H,13,14). The van der Waals surface area contributed by atoms with Crippen molar-refractivity contribution in [2.75, 3.05) is 20.3 Å². The van der Waals surface area contributed by atoms with E-state index in [0.717, 1.165) is 6.42 Å². The van der Waals surface area contributed by atoms with Crippen LogP contribution in [0.4, 0.5) is 0 Å². The molecule has 0 radical (unpaired) electrons. The fourth-order valence-electron chi connectivity index (χ4n) is 1.53. The molecular formula is C11H24N2O2. The number of methoxy groups -OCH3 is 1. The topological polar surface area (TPSA) is 64.3 Å². The van der Waals surface area contributed by atoms with E-state index in [9.17, 15) is 4.79 Å². The molecule has 0 rings (SSSR count). The first kappa shape index (κ1) is 14.4. The molecule has 0 heterocycles. The predicted molar refractivity (Wildman–Crippen MR) is 61.5 cm³/mol. The van der Waals surface area contributed by atoms with Gasteiger partial charge in [0.25, 0.3) is 0 Å². The van der Waals surface area contributed by atoms with E-state index in [1.807, 2.05) is 6.92 Å². The summed E-state index contributed by atoms with van der Waals surface area (Å²) in [6.07, 6.45) is 0.835. The molecule has 0 fully saturated rings. The van der Waals surface area contributed by atoms with Gasteiger partial charge in [-0.1, -0.05) is 13.8 Å². The van der Waals surface area contributed by atoms with E-state index in [1.54, 1.807) is 7.11 Å². The molecule has 4 heteroatoms. The smallest absolute Gasteiger partial charge is 0.224 e. The Kier molecular flexibility index (Phi) is 7.34. The second kappa shape index (κ2) is 7.65. The van der Waals surface area contributed by atoms with Crippen LogP contribution in [0, 0.1) is 11.8 Å². The van der Waals surface area contributed by atoms with Gasteiger partial charge in [0.05, 0.1) is 12.5 Å². The average Bonchev–Trinajstić information content (AvgIpc) is 2.13. The summed E-state index contributed by atoms with van der Waals surface area (Å²) >= 11 is 0. The Balaban J connectivity index is 4.03. The SMILES string of the molecule is COCC(C)NC(=O)C(CN)CC(C)C. The summed E-state index contributed by atoms with van der Waals surface area (Å²) in [6.45, 7) is 7.04. The predicted octanol–water partition coefficient (Wildman–Crippen LogP) is 0.759. The van der Waals surface area contributed by atoms with Gasteiger partial charge >= 0.3 is 0 Å². The van der Waals surface area contributed by atoms with Crippen molar-refractivity contribution in [2.24, 2.45) is 17.6 Å². The van der Waals surface area contributed by atoms with E-state index in [-0.39, 0.29) is 17.9 Å². The minimum absolute atomic E-state index is 0.0377. The molecule has 0 spiro atoms. The van der Waals surface area contributed by atoms with Gasteiger partial charge in [0, 0.05) is 19.7 Å². The van der Waals surface area contributed by atoms with Crippen LogP contribution in [0.5, 0.6) is 0 Å². The summed E-state index contributed by atoms with van der Waals surface area (Å²) < 4.78 is 4.95. The number of rotatable bonds is 7. The molecule has 15 heavy (non-hydrogen) atoms. The summed E-state index contributed by atoms with van der Waals surface area (Å²) in [4.78, 5) is 11.7. The van der Waals surface area contributed by atoms with Crippen molar-refractivity contribution >= 4 is 5.91 Å². The van der Waals surface area contributed by atoms with Crippen LogP contribution >= 0.6 is 0 Å². The quantitative estimate of drug-likeness (QED) is 0.660. The molecule has 0 aliphatic carbocycles. The number of amides is 1. The van der Waals surface area contributed by atoms with Crippen molar-refractivity contribution < 1.29 is 9.53 Å². The zero-order valence-electron chi connectivity index (χ0n) is 10.2. The van der Waals surface area contributed by atoms with Gasteiger partial charge in [0.15, 0.2) is 0 Å². The number of nitrogens with one attached hydrogen (secondary N) is 1. The summed E-state index contributed by atoms with van der Waals surface area (Å²) in [5.41, 5.74) is 5.58. The van der Waals surface area contributed by atoms with Gasteiger partial charge in [0.2, 0.25) is 5.91 Å². The van der Waals surface area contributed by atoms with Gasteiger partial charge in [-0.05, 0) is 19.3 Å². The summed E-state index contributed by atoms with van der Waals surface area (Å²) in [5.74, 6) is 0.446. The Morgan fingerprint density at radius 3 is 2.40 bits per heavy atom. The minimum atomic E-state index is -0.0793. The number of ether oxygens (including phenoxy) is 1. The average molecular weight is 216 g/mol. The molecule has 0 aliphatic rings. The molecule has 0 saturated heterocycles. The van der Waals surface area contributed by atoms with Gasteiger partial charge in [-0.25, -0.2) is 0 Å². The summed E-state index contributed by atoms with van der Waals surface area (Å²) in [7, 11) is 1.62. The van der Waals surface area contributed by atoms with E-state index < -0.39 is 0 Å². The first-order valence-corrected chi connectivity index (χ1v) is 5.50. The van der Waals surface area contributed by atoms with Gasteiger partial charge in [-0.2, -0.15) is 0 Å². The molecule has 0 aromatic heterocycles. The number of carbonyl (C=O) groups is 1. The molecule has 0 aromatic rings. The lowest BCUT2D eigenvalue weighted by Crippen LogP contribution is -2.42. The molecule has 2 unspecified atom stereocenters. The molecule has 3 N–H and O–H groups in total. The third-order valence-corrected chi connectivity index (χ3v) is 2.22. The summed E-state index contributed by atoms with van der Waals surface area (Å²) in [6, 6.07) is 0.0451. The lowest BCUT2D eigenvalue weighted by Gasteiger charge is -2.19. The molecule has 0 aromatic carbocycles. The number of hydrogen-bond donors (Lipinski definition) is 2. The van der Waals surface area contributed by atoms with Crippen LogP contribution in [0.25, 0.3) is 0 Å². The van der Waals surface area contributed by atoms with Crippen LogP contribution in [-0.4, -0.2) is 32.2 Å². The van der Waals surface area contributed by atoms with Crippen LogP contribution in [0.2, 0.25) is 0 Å². The number of nitrogens with two attached hydrogens (primary N) is 1. The Labute approximate surface area is 92.6 Å². The van der Waals surface area contributed by atoms with Crippen LogP contribution in [0.3, 0.4) is 0 Å². The van der Waals surface area contributed by atoms with Crippen molar-refractivity contribution in [3.05, 3.63) is 0 Å². The third kappa shape index (κ3) is 6.47. The molecule has 0 aliphatic heterocycles. The maximum absolute atomic E-state index is 11.7. The second-order valence-corrected chi connectivity index (χ2v) is 4.43. The van der Waals surface area contributed by atoms with Gasteiger partial charge in [0.1, 0.15) is 0 Å². The molecule has 4 nitrogen and oxygen atoms in total. The second-order valence-electron chi connectivity index (χ2n) is 4.43. The highest BCUT2D eigenvalue weighted by Crippen LogP contribution is 2.10. The molecule has 2 atom stereocenters. The fraction of sp³-hybridized carbons (Fsp3) is 0.909. The van der Waals surface area contributed by atoms with Crippen LogP contribution in [0.1, 0.15) is 27.2 Å². The third-order valence-electron chi connectivity index (χ3n) is 2.22. The number of carbonyl (C=O) groups excluding carboxylic acids is 1. The van der Waals surface area contributed by atoms with E-state index in [0.29, 0.717) is 19.1 Å². The molecular weight excluding hydrogens is 192 g/mol. The Bertz CT molecular complexity index is 183. The Morgan fingerprint density at radius 1 is 1.40 bits per heavy atom. The van der Waals surface area contributed by atoms with E-state index >= 15 is 0 Å². The van der Waals surface area contributed by atoms with E-state index in [2.05, 4.69) is 19.2 Å². The molecule has 0 bridgehead atoms.